The molecule has 3 aromatic rings. The molecule has 6 nitrogen and oxygen atoms in total. The second-order valence-electron chi connectivity index (χ2n) is 5.86. The molecule has 3 rings (SSSR count). The van der Waals surface area contributed by atoms with E-state index < -0.39 is 5.97 Å². The second kappa shape index (κ2) is 9.14. The highest BCUT2D eigenvalue weighted by molar-refractivity contribution is 6.01. The van der Waals surface area contributed by atoms with E-state index in [1.165, 1.54) is 0 Å². The van der Waals surface area contributed by atoms with Crippen LogP contribution in [0.25, 0.3) is 0 Å². The first-order valence-electron chi connectivity index (χ1n) is 8.61. The number of hydrogen-bond donors (Lipinski definition) is 2. The molecular weight excluding hydrogens is 356 g/mol. The molecule has 6 heteroatoms. The van der Waals surface area contributed by atoms with Gasteiger partial charge in [-0.2, -0.15) is 0 Å². The minimum absolute atomic E-state index is 0.205. The van der Waals surface area contributed by atoms with Crippen LogP contribution in [0.3, 0.4) is 0 Å². The van der Waals surface area contributed by atoms with E-state index in [9.17, 15) is 14.4 Å². The molecular formula is C22H18N2O4. The number of Topliss-reactive ketones (excluding diaryl/α,β-unsaturated/α-hetero) is 1. The summed E-state index contributed by atoms with van der Waals surface area (Å²) in [7, 11) is 0. The highest BCUT2D eigenvalue weighted by Gasteiger charge is 2.15. The molecule has 0 aliphatic carbocycles. The fraction of sp³-hybridized carbons (Fsp3) is 0.0455. The van der Waals surface area contributed by atoms with Crippen molar-refractivity contribution < 1.29 is 19.1 Å². The number of carbonyl (C=O) groups is 3. The number of ether oxygens (including phenoxy) is 1. The van der Waals surface area contributed by atoms with Crippen molar-refractivity contribution in [1.82, 2.24) is 5.43 Å². The van der Waals surface area contributed by atoms with Gasteiger partial charge in [0.25, 0.3) is 5.91 Å². The maximum absolute atomic E-state index is 12.4. The first kappa shape index (κ1) is 18.8. The number of hydrogen-bond acceptors (Lipinski definition) is 5. The summed E-state index contributed by atoms with van der Waals surface area (Å²) >= 11 is 0. The smallest absolute Gasteiger partial charge is 0.340 e. The van der Waals surface area contributed by atoms with Crippen LogP contribution >= 0.6 is 0 Å². The number of benzene rings is 3. The van der Waals surface area contributed by atoms with Crippen molar-refractivity contribution in [1.29, 1.82) is 0 Å². The number of hydrazine groups is 1. The zero-order chi connectivity index (χ0) is 19.8. The lowest BCUT2D eigenvalue weighted by molar-refractivity contribution is 0.0475. The van der Waals surface area contributed by atoms with Crippen LogP contribution in [0.5, 0.6) is 0 Å². The Hall–Kier alpha value is -3.93. The summed E-state index contributed by atoms with van der Waals surface area (Å²) in [5, 5.41) is 0. The lowest BCUT2D eigenvalue weighted by Gasteiger charge is -2.12. The van der Waals surface area contributed by atoms with Crippen LogP contribution in [0.15, 0.2) is 84.9 Å². The van der Waals surface area contributed by atoms with Gasteiger partial charge in [0, 0.05) is 11.1 Å². The summed E-state index contributed by atoms with van der Waals surface area (Å²) in [6.45, 7) is -0.368. The molecule has 0 atom stereocenters. The van der Waals surface area contributed by atoms with Crippen LogP contribution in [-0.2, 0) is 4.74 Å². The number of carbonyl (C=O) groups excluding carboxylic acids is 3. The Morgan fingerprint density at radius 1 is 0.714 bits per heavy atom. The van der Waals surface area contributed by atoms with Gasteiger partial charge < -0.3 is 4.74 Å². The van der Waals surface area contributed by atoms with Crippen molar-refractivity contribution in [2.45, 2.75) is 0 Å². The summed E-state index contributed by atoms with van der Waals surface area (Å²) in [5.41, 5.74) is 6.78. The number of esters is 1. The van der Waals surface area contributed by atoms with Crippen LogP contribution in [0.4, 0.5) is 5.69 Å². The van der Waals surface area contributed by atoms with E-state index in [-0.39, 0.29) is 23.9 Å². The molecule has 0 saturated carbocycles. The van der Waals surface area contributed by atoms with Gasteiger partial charge in [0.15, 0.2) is 12.4 Å². The van der Waals surface area contributed by atoms with Crippen LogP contribution < -0.4 is 10.9 Å². The Balaban J connectivity index is 1.62. The highest BCUT2D eigenvalue weighted by Crippen LogP contribution is 2.16. The fourth-order valence-corrected chi connectivity index (χ4v) is 2.47. The maximum Gasteiger partial charge on any atom is 0.340 e. The molecule has 0 aliphatic heterocycles. The Morgan fingerprint density at radius 3 is 1.96 bits per heavy atom. The standard InChI is InChI=1S/C22H18N2O4/c25-20(16-9-3-1-4-10-16)15-28-22(27)18-13-7-8-14-19(18)23-24-21(26)17-11-5-2-6-12-17/h1-14,23H,15H2,(H,24,26). The Kier molecular flexibility index (Phi) is 6.15. The first-order valence-corrected chi connectivity index (χ1v) is 8.61. The van der Waals surface area contributed by atoms with Crippen molar-refractivity contribution in [3.05, 3.63) is 102 Å². The fourth-order valence-electron chi connectivity index (χ4n) is 2.47. The van der Waals surface area contributed by atoms with Crippen molar-refractivity contribution in [3.8, 4) is 0 Å². The molecule has 140 valence electrons. The Labute approximate surface area is 162 Å². The van der Waals surface area contributed by atoms with E-state index in [1.54, 1.807) is 78.9 Å². The average Bonchev–Trinajstić information content (AvgIpc) is 2.77. The predicted molar refractivity (Wildman–Crippen MR) is 105 cm³/mol. The number of ketones is 1. The Bertz CT molecular complexity index is 972. The van der Waals surface area contributed by atoms with Gasteiger partial charge >= 0.3 is 5.97 Å². The summed E-state index contributed by atoms with van der Waals surface area (Å²) in [6.07, 6.45) is 0. The van der Waals surface area contributed by atoms with Crippen LogP contribution in [0, 0.1) is 0 Å². The van der Waals surface area contributed by atoms with E-state index in [0.717, 1.165) is 0 Å². The molecule has 0 bridgehead atoms. The van der Waals surface area contributed by atoms with Crippen molar-refractivity contribution in [2.24, 2.45) is 0 Å². The molecule has 0 unspecified atom stereocenters. The van der Waals surface area contributed by atoms with Crippen molar-refractivity contribution >= 4 is 23.3 Å². The number of anilines is 1. The molecule has 0 fully saturated rings. The summed E-state index contributed by atoms with van der Waals surface area (Å²) in [4.78, 5) is 36.6. The maximum atomic E-state index is 12.4. The predicted octanol–water partition coefficient (Wildman–Crippen LogP) is 3.48. The van der Waals surface area contributed by atoms with Gasteiger partial charge in [0.1, 0.15) is 0 Å². The Morgan fingerprint density at radius 2 is 1.29 bits per heavy atom. The molecule has 0 aromatic heterocycles. The van der Waals surface area contributed by atoms with Crippen molar-refractivity contribution in [3.63, 3.8) is 0 Å². The monoisotopic (exact) mass is 374 g/mol. The molecule has 0 saturated heterocycles. The number of rotatable bonds is 7. The lowest BCUT2D eigenvalue weighted by atomic mass is 10.1. The van der Waals surface area contributed by atoms with Gasteiger partial charge in [0.2, 0.25) is 0 Å². The number of amides is 1. The minimum Gasteiger partial charge on any atom is -0.454 e. The second-order valence-corrected chi connectivity index (χ2v) is 5.86. The highest BCUT2D eigenvalue weighted by atomic mass is 16.5. The third-order valence-corrected chi connectivity index (χ3v) is 3.92. The lowest BCUT2D eigenvalue weighted by Crippen LogP contribution is -2.30. The van der Waals surface area contributed by atoms with E-state index in [4.69, 9.17) is 4.74 Å². The average molecular weight is 374 g/mol. The molecule has 3 aromatic carbocycles. The summed E-state index contributed by atoms with van der Waals surface area (Å²) in [6, 6.07) is 23.8. The largest absolute Gasteiger partial charge is 0.454 e. The summed E-state index contributed by atoms with van der Waals surface area (Å²) < 4.78 is 5.14. The first-order chi connectivity index (χ1) is 13.6. The molecule has 0 heterocycles. The van der Waals surface area contributed by atoms with Crippen molar-refractivity contribution in [2.75, 3.05) is 12.0 Å². The van der Waals surface area contributed by atoms with Gasteiger partial charge in [0.05, 0.1) is 11.3 Å². The third kappa shape index (κ3) is 4.82. The topological polar surface area (TPSA) is 84.5 Å². The number of para-hydroxylation sites is 1. The van der Waals surface area contributed by atoms with E-state index in [0.29, 0.717) is 16.8 Å². The van der Waals surface area contributed by atoms with Gasteiger partial charge in [-0.3, -0.25) is 20.4 Å². The van der Waals surface area contributed by atoms with E-state index >= 15 is 0 Å². The molecule has 0 spiro atoms. The van der Waals surface area contributed by atoms with Gasteiger partial charge in [-0.05, 0) is 24.3 Å². The van der Waals surface area contributed by atoms with Crippen LogP contribution in [0.2, 0.25) is 0 Å². The quantitative estimate of drug-likeness (QED) is 0.376. The van der Waals surface area contributed by atoms with Gasteiger partial charge in [-0.1, -0.05) is 60.7 Å². The van der Waals surface area contributed by atoms with Crippen LogP contribution in [-0.4, -0.2) is 24.3 Å². The molecule has 1 amide bonds. The SMILES string of the molecule is O=C(COC(=O)c1ccccc1NNC(=O)c1ccccc1)c1ccccc1. The molecule has 2 N–H and O–H groups in total. The normalized spacial score (nSPS) is 10.0. The van der Waals surface area contributed by atoms with Crippen LogP contribution in [0.1, 0.15) is 31.1 Å². The molecule has 0 aliphatic rings. The number of nitrogens with one attached hydrogen (secondary N) is 2. The van der Waals surface area contributed by atoms with E-state index in [2.05, 4.69) is 10.9 Å². The third-order valence-electron chi connectivity index (χ3n) is 3.92. The summed E-state index contributed by atoms with van der Waals surface area (Å²) in [5.74, 6) is -1.30. The van der Waals surface area contributed by atoms with Gasteiger partial charge in [-0.25, -0.2) is 4.79 Å². The van der Waals surface area contributed by atoms with E-state index in [1.807, 2.05) is 6.07 Å². The molecule has 28 heavy (non-hydrogen) atoms. The molecule has 0 radical (unpaired) electrons. The zero-order valence-corrected chi connectivity index (χ0v) is 14.9. The minimum atomic E-state index is -0.665. The zero-order valence-electron chi connectivity index (χ0n) is 14.9. The van der Waals surface area contributed by atoms with Gasteiger partial charge in [-0.15, -0.1) is 0 Å².